The van der Waals surface area contributed by atoms with Gasteiger partial charge in [-0.25, -0.2) is 9.37 Å². The summed E-state index contributed by atoms with van der Waals surface area (Å²) in [7, 11) is 1.71. The molecule has 1 heterocycles. The van der Waals surface area contributed by atoms with Crippen molar-refractivity contribution >= 4 is 11.8 Å². The second-order valence-corrected chi connectivity index (χ2v) is 5.80. The summed E-state index contributed by atoms with van der Waals surface area (Å²) in [4.78, 5) is 8.13. The second kappa shape index (κ2) is 5.91. The molecular weight excluding hydrogens is 259 g/mol. The molecule has 112 valence electrons. The normalized spacial score (nSPS) is 24.1. The zero-order chi connectivity index (χ0) is 14.8. The minimum Gasteiger partial charge on any atom is -0.381 e. The molecule has 20 heavy (non-hydrogen) atoms. The Kier molecular flexibility index (Phi) is 4.42. The molecular formula is C14H23FN4O. The van der Waals surface area contributed by atoms with Gasteiger partial charge in [0.2, 0.25) is 5.95 Å². The number of methoxy groups -OCH3 is 1. The van der Waals surface area contributed by atoms with Gasteiger partial charge in [-0.1, -0.05) is 20.8 Å². The van der Waals surface area contributed by atoms with Crippen LogP contribution in [-0.2, 0) is 4.74 Å². The number of rotatable bonds is 6. The van der Waals surface area contributed by atoms with Crippen LogP contribution in [0.5, 0.6) is 0 Å². The highest BCUT2D eigenvalue weighted by Gasteiger charge is 2.48. The molecule has 5 nitrogen and oxygen atoms in total. The van der Waals surface area contributed by atoms with Crippen LogP contribution in [0.3, 0.4) is 0 Å². The molecule has 0 spiro atoms. The average Bonchev–Trinajstić information content (AvgIpc) is 2.43. The van der Waals surface area contributed by atoms with E-state index in [4.69, 9.17) is 4.74 Å². The number of anilines is 2. The largest absolute Gasteiger partial charge is 0.381 e. The molecule has 1 aromatic rings. The Hall–Kier alpha value is -1.43. The molecule has 2 unspecified atom stereocenters. The molecule has 1 saturated carbocycles. The third-order valence-corrected chi connectivity index (χ3v) is 4.05. The molecule has 0 bridgehead atoms. The van der Waals surface area contributed by atoms with E-state index in [0.717, 1.165) is 19.4 Å². The minimum atomic E-state index is -0.427. The lowest BCUT2D eigenvalue weighted by atomic mass is 9.64. The van der Waals surface area contributed by atoms with E-state index in [-0.39, 0.29) is 23.4 Å². The number of hydrogen-bond acceptors (Lipinski definition) is 5. The quantitative estimate of drug-likeness (QED) is 0.840. The third kappa shape index (κ3) is 2.85. The van der Waals surface area contributed by atoms with Crippen LogP contribution in [0.2, 0.25) is 0 Å². The lowest BCUT2D eigenvalue weighted by Gasteiger charge is -2.51. The van der Waals surface area contributed by atoms with Crippen LogP contribution in [0.4, 0.5) is 16.2 Å². The highest BCUT2D eigenvalue weighted by atomic mass is 19.1. The maximum absolute atomic E-state index is 13.8. The van der Waals surface area contributed by atoms with Crippen LogP contribution >= 0.6 is 0 Å². The smallest absolute Gasteiger partial charge is 0.224 e. The summed E-state index contributed by atoms with van der Waals surface area (Å²) in [5.41, 5.74) is -0.0385. The third-order valence-electron chi connectivity index (χ3n) is 4.05. The molecule has 1 fully saturated rings. The molecule has 2 N–H and O–H groups in total. The fourth-order valence-electron chi connectivity index (χ4n) is 2.49. The number of nitrogens with zero attached hydrogens (tertiary/aromatic N) is 2. The second-order valence-electron chi connectivity index (χ2n) is 5.80. The monoisotopic (exact) mass is 282 g/mol. The van der Waals surface area contributed by atoms with Gasteiger partial charge in [0, 0.05) is 25.1 Å². The van der Waals surface area contributed by atoms with Crippen LogP contribution in [-0.4, -0.2) is 35.8 Å². The Morgan fingerprint density at radius 2 is 2.25 bits per heavy atom. The fourth-order valence-corrected chi connectivity index (χ4v) is 2.49. The SMILES string of the molecule is CCCNc1ncc(F)c(NC2CC(OC)C2(C)C)n1. The van der Waals surface area contributed by atoms with Crippen molar-refractivity contribution < 1.29 is 9.13 Å². The Morgan fingerprint density at radius 1 is 1.50 bits per heavy atom. The first-order valence-corrected chi connectivity index (χ1v) is 7.04. The van der Waals surface area contributed by atoms with E-state index in [1.54, 1.807) is 7.11 Å². The summed E-state index contributed by atoms with van der Waals surface area (Å²) in [5, 5.41) is 6.23. The lowest BCUT2D eigenvalue weighted by Crippen LogP contribution is -2.57. The number of hydrogen-bond donors (Lipinski definition) is 2. The standard InChI is InChI=1S/C14H23FN4O/c1-5-6-16-13-17-8-9(15)12(19-13)18-10-7-11(20-4)14(10,2)3/h8,10-11H,5-7H2,1-4H3,(H2,16,17,18,19). The van der Waals surface area contributed by atoms with Gasteiger partial charge in [0.1, 0.15) is 0 Å². The summed E-state index contributed by atoms with van der Waals surface area (Å²) >= 11 is 0. The molecule has 6 heteroatoms. The van der Waals surface area contributed by atoms with E-state index in [2.05, 4.69) is 41.4 Å². The number of nitrogens with one attached hydrogen (secondary N) is 2. The van der Waals surface area contributed by atoms with E-state index in [0.29, 0.717) is 5.95 Å². The molecule has 0 amide bonds. The van der Waals surface area contributed by atoms with Gasteiger partial charge in [0.05, 0.1) is 12.3 Å². The Labute approximate surface area is 119 Å². The zero-order valence-electron chi connectivity index (χ0n) is 12.5. The maximum atomic E-state index is 13.8. The Balaban J connectivity index is 2.06. The van der Waals surface area contributed by atoms with Crippen LogP contribution in [0.25, 0.3) is 0 Å². The van der Waals surface area contributed by atoms with E-state index < -0.39 is 5.82 Å². The highest BCUT2D eigenvalue weighted by molar-refractivity contribution is 5.43. The van der Waals surface area contributed by atoms with Crippen LogP contribution in [0.15, 0.2) is 6.20 Å². The Morgan fingerprint density at radius 3 is 2.85 bits per heavy atom. The molecule has 0 aromatic carbocycles. The summed E-state index contributed by atoms with van der Waals surface area (Å²) in [6, 6.07) is 0.149. The number of halogens is 1. The molecule has 1 aliphatic rings. The predicted molar refractivity (Wildman–Crippen MR) is 77.4 cm³/mol. The predicted octanol–water partition coefficient (Wildman–Crippen LogP) is 2.66. The van der Waals surface area contributed by atoms with Gasteiger partial charge >= 0.3 is 0 Å². The van der Waals surface area contributed by atoms with Gasteiger partial charge in [0.15, 0.2) is 11.6 Å². The van der Waals surface area contributed by atoms with Crippen molar-refractivity contribution in [3.05, 3.63) is 12.0 Å². The van der Waals surface area contributed by atoms with Crippen LogP contribution in [0, 0.1) is 11.2 Å². The first kappa shape index (κ1) is 15.0. The van der Waals surface area contributed by atoms with Crippen molar-refractivity contribution in [2.75, 3.05) is 24.3 Å². The van der Waals surface area contributed by atoms with Gasteiger partial charge in [-0.2, -0.15) is 4.98 Å². The zero-order valence-corrected chi connectivity index (χ0v) is 12.5. The molecule has 0 aliphatic heterocycles. The molecule has 2 rings (SSSR count). The van der Waals surface area contributed by atoms with Crippen LogP contribution < -0.4 is 10.6 Å². The first-order valence-electron chi connectivity index (χ1n) is 7.04. The van der Waals surface area contributed by atoms with Crippen molar-refractivity contribution in [3.63, 3.8) is 0 Å². The summed E-state index contributed by atoms with van der Waals surface area (Å²) < 4.78 is 19.2. The first-order chi connectivity index (χ1) is 9.48. The van der Waals surface area contributed by atoms with Crippen molar-refractivity contribution in [1.29, 1.82) is 0 Å². The number of aromatic nitrogens is 2. The van der Waals surface area contributed by atoms with E-state index >= 15 is 0 Å². The minimum absolute atomic E-state index is 0.0385. The molecule has 0 radical (unpaired) electrons. The summed E-state index contributed by atoms with van der Waals surface area (Å²) in [6.45, 7) is 7.04. The van der Waals surface area contributed by atoms with Gasteiger partial charge in [-0.05, 0) is 12.8 Å². The van der Waals surface area contributed by atoms with Crippen LogP contribution in [0.1, 0.15) is 33.6 Å². The molecule has 2 atom stereocenters. The van der Waals surface area contributed by atoms with Gasteiger partial charge in [-0.3, -0.25) is 0 Å². The van der Waals surface area contributed by atoms with Crippen molar-refractivity contribution in [2.24, 2.45) is 5.41 Å². The maximum Gasteiger partial charge on any atom is 0.224 e. The van der Waals surface area contributed by atoms with Gasteiger partial charge in [0.25, 0.3) is 0 Å². The van der Waals surface area contributed by atoms with E-state index in [1.165, 1.54) is 6.20 Å². The summed E-state index contributed by atoms with van der Waals surface area (Å²) in [5.74, 6) is 0.283. The Bertz CT molecular complexity index is 466. The average molecular weight is 282 g/mol. The summed E-state index contributed by atoms with van der Waals surface area (Å²) in [6.07, 6.45) is 3.22. The van der Waals surface area contributed by atoms with Crippen molar-refractivity contribution in [2.45, 2.75) is 45.8 Å². The van der Waals surface area contributed by atoms with Crippen molar-refractivity contribution in [1.82, 2.24) is 9.97 Å². The van der Waals surface area contributed by atoms with Gasteiger partial charge in [-0.15, -0.1) is 0 Å². The number of ether oxygens (including phenoxy) is 1. The van der Waals surface area contributed by atoms with Gasteiger partial charge < -0.3 is 15.4 Å². The lowest BCUT2D eigenvalue weighted by molar-refractivity contribution is -0.0796. The van der Waals surface area contributed by atoms with Crippen molar-refractivity contribution in [3.8, 4) is 0 Å². The highest BCUT2D eigenvalue weighted by Crippen LogP contribution is 2.44. The van der Waals surface area contributed by atoms with E-state index in [9.17, 15) is 4.39 Å². The van der Waals surface area contributed by atoms with E-state index in [1.807, 2.05) is 0 Å². The fraction of sp³-hybridized carbons (Fsp3) is 0.714. The molecule has 0 saturated heterocycles. The molecule has 1 aromatic heterocycles. The molecule has 1 aliphatic carbocycles. The topological polar surface area (TPSA) is 59.1 Å².